The standard InChI is InChI=1S/C22H35N3O3S/c1-17-13-18(2)15-24(14-17)22(3,4)16-23-21(26)19-7-9-20(10-8-19)29(27,28)25-11-5-6-12-25/h7-10,17-18H,5-6,11-16H2,1-4H3,(H,23,26). The first-order valence-electron chi connectivity index (χ1n) is 10.7. The van der Waals surface area contributed by atoms with Gasteiger partial charge in [0.05, 0.1) is 4.90 Å². The van der Waals surface area contributed by atoms with Crippen molar-refractivity contribution in [3.63, 3.8) is 0 Å². The Morgan fingerprint density at radius 1 is 1.07 bits per heavy atom. The molecule has 2 fully saturated rings. The Labute approximate surface area is 175 Å². The quantitative estimate of drug-likeness (QED) is 0.767. The molecule has 2 aliphatic rings. The third-order valence-electron chi connectivity index (χ3n) is 6.23. The fraction of sp³-hybridized carbons (Fsp3) is 0.682. The summed E-state index contributed by atoms with van der Waals surface area (Å²) in [6.07, 6.45) is 3.07. The zero-order valence-corrected chi connectivity index (χ0v) is 19.0. The van der Waals surface area contributed by atoms with E-state index in [0.717, 1.165) is 25.9 Å². The Bertz CT molecular complexity index is 804. The molecule has 2 aliphatic heterocycles. The Kier molecular flexibility index (Phi) is 6.70. The SMILES string of the molecule is CC1CC(C)CN(C(C)(C)CNC(=O)c2ccc(S(=O)(=O)N3CCCC3)cc2)C1. The van der Waals surface area contributed by atoms with Crippen LogP contribution >= 0.6 is 0 Å². The number of likely N-dealkylation sites (tertiary alicyclic amines) is 1. The van der Waals surface area contributed by atoms with Gasteiger partial charge in [0.1, 0.15) is 0 Å². The van der Waals surface area contributed by atoms with Gasteiger partial charge >= 0.3 is 0 Å². The summed E-state index contributed by atoms with van der Waals surface area (Å²) in [7, 11) is -3.45. The Morgan fingerprint density at radius 3 is 2.17 bits per heavy atom. The maximum absolute atomic E-state index is 12.6. The molecule has 162 valence electrons. The zero-order valence-electron chi connectivity index (χ0n) is 18.1. The lowest BCUT2D eigenvalue weighted by Crippen LogP contribution is -2.56. The average Bonchev–Trinajstić information content (AvgIpc) is 3.21. The lowest BCUT2D eigenvalue weighted by Gasteiger charge is -2.45. The van der Waals surface area contributed by atoms with Gasteiger partial charge in [-0.2, -0.15) is 4.31 Å². The highest BCUT2D eigenvalue weighted by Gasteiger charge is 2.33. The molecule has 1 amide bonds. The van der Waals surface area contributed by atoms with Gasteiger partial charge in [-0.15, -0.1) is 0 Å². The van der Waals surface area contributed by atoms with Crippen molar-refractivity contribution in [2.45, 2.75) is 57.4 Å². The summed E-state index contributed by atoms with van der Waals surface area (Å²) in [5.74, 6) is 1.17. The van der Waals surface area contributed by atoms with E-state index in [9.17, 15) is 13.2 Å². The van der Waals surface area contributed by atoms with E-state index in [-0.39, 0.29) is 16.3 Å². The molecule has 0 aliphatic carbocycles. The van der Waals surface area contributed by atoms with Crippen molar-refractivity contribution in [2.24, 2.45) is 11.8 Å². The Hall–Kier alpha value is -1.44. The third-order valence-corrected chi connectivity index (χ3v) is 8.14. The Morgan fingerprint density at radius 2 is 1.62 bits per heavy atom. The van der Waals surface area contributed by atoms with Crippen molar-refractivity contribution < 1.29 is 13.2 Å². The number of rotatable bonds is 6. The summed E-state index contributed by atoms with van der Waals surface area (Å²) in [6.45, 7) is 12.7. The van der Waals surface area contributed by atoms with Crippen molar-refractivity contribution in [3.05, 3.63) is 29.8 Å². The summed E-state index contributed by atoms with van der Waals surface area (Å²) in [5, 5.41) is 3.04. The molecule has 29 heavy (non-hydrogen) atoms. The molecule has 2 atom stereocenters. The minimum Gasteiger partial charge on any atom is -0.350 e. The molecule has 7 heteroatoms. The summed E-state index contributed by atoms with van der Waals surface area (Å²) in [4.78, 5) is 15.4. The molecule has 2 unspecified atom stereocenters. The highest BCUT2D eigenvalue weighted by molar-refractivity contribution is 7.89. The normalized spacial score (nSPS) is 24.6. The topological polar surface area (TPSA) is 69.7 Å². The molecular weight excluding hydrogens is 386 g/mol. The maximum atomic E-state index is 12.6. The molecule has 2 heterocycles. The molecule has 1 aromatic carbocycles. The number of hydrogen-bond donors (Lipinski definition) is 1. The second kappa shape index (κ2) is 8.74. The van der Waals surface area contributed by atoms with Crippen LogP contribution in [0.5, 0.6) is 0 Å². The van der Waals surface area contributed by atoms with E-state index in [2.05, 4.69) is 37.9 Å². The van der Waals surface area contributed by atoms with Crippen molar-refractivity contribution in [3.8, 4) is 0 Å². The van der Waals surface area contributed by atoms with E-state index >= 15 is 0 Å². The molecule has 0 spiro atoms. The number of piperidine rings is 1. The van der Waals surface area contributed by atoms with E-state index in [4.69, 9.17) is 0 Å². The molecule has 0 bridgehead atoms. The number of carbonyl (C=O) groups excluding carboxylic acids is 1. The van der Waals surface area contributed by atoms with Gasteiger partial charge in [-0.1, -0.05) is 13.8 Å². The number of benzene rings is 1. The van der Waals surface area contributed by atoms with Crippen molar-refractivity contribution in [2.75, 3.05) is 32.7 Å². The van der Waals surface area contributed by atoms with Crippen LogP contribution in [0, 0.1) is 11.8 Å². The van der Waals surface area contributed by atoms with Gasteiger partial charge in [-0.3, -0.25) is 9.69 Å². The molecule has 0 aromatic heterocycles. The van der Waals surface area contributed by atoms with Crippen LogP contribution in [-0.4, -0.2) is 61.8 Å². The van der Waals surface area contributed by atoms with Gasteiger partial charge in [-0.25, -0.2) is 8.42 Å². The van der Waals surface area contributed by atoms with E-state index in [1.807, 2.05) is 0 Å². The number of nitrogens with one attached hydrogen (secondary N) is 1. The monoisotopic (exact) mass is 421 g/mol. The van der Waals surface area contributed by atoms with E-state index in [1.54, 1.807) is 24.3 Å². The molecule has 0 radical (unpaired) electrons. The Balaban J connectivity index is 1.60. The third kappa shape index (κ3) is 5.19. The number of hydrogen-bond acceptors (Lipinski definition) is 4. The van der Waals surface area contributed by atoms with Gasteiger partial charge in [0.2, 0.25) is 10.0 Å². The van der Waals surface area contributed by atoms with Gasteiger partial charge in [0, 0.05) is 43.8 Å². The predicted molar refractivity (Wildman–Crippen MR) is 115 cm³/mol. The van der Waals surface area contributed by atoms with Gasteiger partial charge in [0.15, 0.2) is 0 Å². The van der Waals surface area contributed by atoms with Crippen molar-refractivity contribution >= 4 is 15.9 Å². The lowest BCUT2D eigenvalue weighted by atomic mass is 9.88. The number of sulfonamides is 1. The molecule has 1 aromatic rings. The fourth-order valence-electron chi connectivity index (χ4n) is 4.52. The highest BCUT2D eigenvalue weighted by Crippen LogP contribution is 2.27. The first-order chi connectivity index (χ1) is 13.6. The lowest BCUT2D eigenvalue weighted by molar-refractivity contribution is 0.0445. The largest absolute Gasteiger partial charge is 0.350 e. The predicted octanol–water partition coefficient (Wildman–Crippen LogP) is 2.96. The van der Waals surface area contributed by atoms with Crippen molar-refractivity contribution in [1.29, 1.82) is 0 Å². The van der Waals surface area contributed by atoms with Crippen LogP contribution < -0.4 is 5.32 Å². The summed E-state index contributed by atoms with van der Waals surface area (Å²) >= 11 is 0. The van der Waals surface area contributed by atoms with Crippen LogP contribution in [0.15, 0.2) is 29.2 Å². The maximum Gasteiger partial charge on any atom is 0.251 e. The van der Waals surface area contributed by atoms with Crippen molar-refractivity contribution in [1.82, 2.24) is 14.5 Å². The number of carbonyl (C=O) groups is 1. The minimum absolute atomic E-state index is 0.127. The number of amides is 1. The second-order valence-corrected chi connectivity index (χ2v) is 11.4. The molecule has 0 saturated carbocycles. The number of nitrogens with zero attached hydrogens (tertiary/aromatic N) is 2. The summed E-state index contributed by atoms with van der Waals surface area (Å²) in [5.41, 5.74) is 0.360. The van der Waals surface area contributed by atoms with E-state index < -0.39 is 10.0 Å². The van der Waals surface area contributed by atoms with Gasteiger partial charge in [0.25, 0.3) is 5.91 Å². The van der Waals surface area contributed by atoms with Crippen LogP contribution in [0.4, 0.5) is 0 Å². The fourth-order valence-corrected chi connectivity index (χ4v) is 6.04. The molecule has 3 rings (SSSR count). The van der Waals surface area contributed by atoms with Gasteiger partial charge < -0.3 is 5.32 Å². The van der Waals surface area contributed by atoms with Crippen LogP contribution in [0.25, 0.3) is 0 Å². The van der Waals surface area contributed by atoms with Crippen LogP contribution in [0.1, 0.15) is 57.3 Å². The summed E-state index contributed by atoms with van der Waals surface area (Å²) < 4.78 is 26.8. The molecule has 2 saturated heterocycles. The molecule has 6 nitrogen and oxygen atoms in total. The molecule has 1 N–H and O–H groups in total. The molecular formula is C22H35N3O3S. The van der Waals surface area contributed by atoms with Crippen LogP contribution in [0.3, 0.4) is 0 Å². The first-order valence-corrected chi connectivity index (χ1v) is 12.2. The first kappa shape index (κ1) is 22.2. The summed E-state index contributed by atoms with van der Waals surface area (Å²) in [6, 6.07) is 6.30. The smallest absolute Gasteiger partial charge is 0.251 e. The van der Waals surface area contributed by atoms with E-state index in [0.29, 0.717) is 37.0 Å². The zero-order chi connectivity index (χ0) is 21.2. The van der Waals surface area contributed by atoms with Crippen LogP contribution in [-0.2, 0) is 10.0 Å². The minimum atomic E-state index is -3.45. The second-order valence-electron chi connectivity index (χ2n) is 9.48. The van der Waals surface area contributed by atoms with Crippen LogP contribution in [0.2, 0.25) is 0 Å². The van der Waals surface area contributed by atoms with E-state index in [1.165, 1.54) is 10.7 Å². The highest BCUT2D eigenvalue weighted by atomic mass is 32.2. The van der Waals surface area contributed by atoms with Gasteiger partial charge in [-0.05, 0) is 69.2 Å². The average molecular weight is 422 g/mol.